The summed E-state index contributed by atoms with van der Waals surface area (Å²) in [7, 11) is -1.87. The van der Waals surface area contributed by atoms with Gasteiger partial charge in [-0.05, 0) is 63.6 Å². The zero-order valence-corrected chi connectivity index (χ0v) is 18.4. The molecule has 8 heteroatoms. The molecule has 0 heterocycles. The van der Waals surface area contributed by atoms with E-state index >= 15 is 0 Å². The third-order valence-corrected chi connectivity index (χ3v) is 7.43. The van der Waals surface area contributed by atoms with Crippen LogP contribution in [0.5, 0.6) is 0 Å². The number of aliphatic imine (C=N–C) groups is 1. The molecule has 27 heavy (non-hydrogen) atoms. The lowest BCUT2D eigenvalue weighted by atomic mass is 10.2. The molecule has 146 valence electrons. The molecule has 0 saturated heterocycles. The molecule has 0 radical (unpaired) electrons. The minimum absolute atomic E-state index is 0.227. The van der Waals surface area contributed by atoms with Crippen molar-refractivity contribution in [2.24, 2.45) is 4.99 Å². The summed E-state index contributed by atoms with van der Waals surface area (Å²) in [4.78, 5) is 4.70. The first-order chi connectivity index (χ1) is 12.6. The summed E-state index contributed by atoms with van der Waals surface area (Å²) in [5, 5.41) is 0.657. The van der Waals surface area contributed by atoms with Crippen molar-refractivity contribution in [3.63, 3.8) is 0 Å². The fraction of sp³-hybridized carbons (Fsp3) is 0.316. The molecule has 5 nitrogen and oxygen atoms in total. The summed E-state index contributed by atoms with van der Waals surface area (Å²) in [5.74, 6) is 0. The van der Waals surface area contributed by atoms with Crippen molar-refractivity contribution in [2.45, 2.75) is 38.6 Å². The van der Waals surface area contributed by atoms with Crippen LogP contribution in [0.3, 0.4) is 0 Å². The maximum atomic E-state index is 13.0. The van der Waals surface area contributed by atoms with Gasteiger partial charge in [0.2, 0.25) is 0 Å². The van der Waals surface area contributed by atoms with Crippen LogP contribution in [-0.4, -0.2) is 35.9 Å². The number of sulfonamides is 1. The smallest absolute Gasteiger partial charge is 0.253 e. The second kappa shape index (κ2) is 9.10. The molecule has 0 aliphatic carbocycles. The Labute approximate surface area is 171 Å². The van der Waals surface area contributed by atoms with Crippen LogP contribution in [0.15, 0.2) is 52.4 Å². The van der Waals surface area contributed by atoms with E-state index in [9.17, 15) is 8.42 Å². The fourth-order valence-electron chi connectivity index (χ4n) is 2.29. The standard InChI is InChI=1S/C19H24ClN3O2S2/c1-14(2)23(27(24,25)18-9-6-15(3)7-10-18)26-22(5)13-21-19-11-8-17(20)12-16(19)4/h6-14H,1-5H3. The van der Waals surface area contributed by atoms with E-state index in [0.717, 1.165) is 28.9 Å². The number of aryl methyl sites for hydroxylation is 2. The first-order valence-corrected chi connectivity index (χ1v) is 11.0. The van der Waals surface area contributed by atoms with Crippen LogP contribution in [0.4, 0.5) is 5.69 Å². The highest BCUT2D eigenvalue weighted by Crippen LogP contribution is 2.28. The van der Waals surface area contributed by atoms with Crippen molar-refractivity contribution in [1.29, 1.82) is 0 Å². The summed E-state index contributed by atoms with van der Waals surface area (Å²) in [6.45, 7) is 7.53. The molecule has 0 aliphatic rings. The Balaban J connectivity index is 2.19. The molecule has 0 aliphatic heterocycles. The van der Waals surface area contributed by atoms with Gasteiger partial charge < -0.3 is 0 Å². The minimum Gasteiger partial charge on any atom is -0.296 e. The highest BCUT2D eigenvalue weighted by molar-refractivity contribution is 8.07. The van der Waals surface area contributed by atoms with Crippen LogP contribution in [0.25, 0.3) is 0 Å². The van der Waals surface area contributed by atoms with Gasteiger partial charge in [0.25, 0.3) is 10.0 Å². The third kappa shape index (κ3) is 5.72. The maximum absolute atomic E-state index is 13.0. The molecule has 0 amide bonds. The fourth-order valence-corrected chi connectivity index (χ4v) is 5.21. The predicted octanol–water partition coefficient (Wildman–Crippen LogP) is 5.21. The monoisotopic (exact) mass is 425 g/mol. The molecular weight excluding hydrogens is 402 g/mol. The molecule has 0 spiro atoms. The van der Waals surface area contributed by atoms with Crippen molar-refractivity contribution in [1.82, 2.24) is 8.02 Å². The van der Waals surface area contributed by atoms with Crippen LogP contribution in [0.1, 0.15) is 25.0 Å². The molecule has 0 atom stereocenters. The molecule has 0 saturated carbocycles. The van der Waals surface area contributed by atoms with E-state index in [0.29, 0.717) is 5.02 Å². The first-order valence-electron chi connectivity index (χ1n) is 8.43. The molecule has 2 rings (SSSR count). The van der Waals surface area contributed by atoms with Gasteiger partial charge in [-0.25, -0.2) is 13.4 Å². The second-order valence-corrected chi connectivity index (χ2v) is 10.1. The largest absolute Gasteiger partial charge is 0.296 e. The van der Waals surface area contributed by atoms with Crippen LogP contribution in [-0.2, 0) is 10.0 Å². The average molecular weight is 426 g/mol. The van der Waals surface area contributed by atoms with Gasteiger partial charge in [0.05, 0.1) is 22.7 Å². The number of hydrogen-bond donors (Lipinski definition) is 0. The summed E-state index contributed by atoms with van der Waals surface area (Å²) >= 11 is 7.05. The molecule has 0 fully saturated rings. The molecule has 0 unspecified atom stereocenters. The van der Waals surface area contributed by atoms with E-state index < -0.39 is 10.0 Å². The number of benzene rings is 2. The SMILES string of the molecule is Cc1ccc(S(=O)(=O)N(SN(C)C=Nc2ccc(Cl)cc2C)C(C)C)cc1. The number of rotatable bonds is 7. The van der Waals surface area contributed by atoms with E-state index in [1.165, 1.54) is 3.71 Å². The minimum atomic E-state index is -3.63. The van der Waals surface area contributed by atoms with E-state index in [-0.39, 0.29) is 10.9 Å². The number of hydrogen-bond acceptors (Lipinski definition) is 4. The summed E-state index contributed by atoms with van der Waals surface area (Å²) in [6.07, 6.45) is 1.60. The van der Waals surface area contributed by atoms with Gasteiger partial charge in [0, 0.05) is 18.1 Å². The molecule has 0 aromatic heterocycles. The van der Waals surface area contributed by atoms with Gasteiger partial charge >= 0.3 is 0 Å². The lowest BCUT2D eigenvalue weighted by Crippen LogP contribution is -2.34. The lowest BCUT2D eigenvalue weighted by Gasteiger charge is -2.27. The van der Waals surface area contributed by atoms with Crippen LogP contribution < -0.4 is 0 Å². The van der Waals surface area contributed by atoms with Crippen molar-refractivity contribution in [3.8, 4) is 0 Å². The zero-order valence-electron chi connectivity index (χ0n) is 16.0. The van der Waals surface area contributed by atoms with E-state index in [1.807, 2.05) is 39.8 Å². The number of nitrogens with zero attached hydrogens (tertiary/aromatic N) is 3. The molecule has 0 N–H and O–H groups in total. The molecule has 2 aromatic rings. The first kappa shape index (κ1) is 21.8. The summed E-state index contributed by atoms with van der Waals surface area (Å²) in [5.41, 5.74) is 2.75. The van der Waals surface area contributed by atoms with Gasteiger partial charge in [-0.1, -0.05) is 29.3 Å². The van der Waals surface area contributed by atoms with Crippen molar-refractivity contribution in [3.05, 3.63) is 58.6 Å². The Morgan fingerprint density at radius 1 is 1.11 bits per heavy atom. The van der Waals surface area contributed by atoms with Gasteiger partial charge in [-0.3, -0.25) is 4.31 Å². The lowest BCUT2D eigenvalue weighted by molar-refractivity contribution is 0.495. The van der Waals surface area contributed by atoms with E-state index in [4.69, 9.17) is 11.6 Å². The Morgan fingerprint density at radius 2 is 1.74 bits per heavy atom. The van der Waals surface area contributed by atoms with Gasteiger partial charge in [0.15, 0.2) is 0 Å². The van der Waals surface area contributed by atoms with Gasteiger partial charge in [-0.15, -0.1) is 3.71 Å². The number of halogens is 1. The van der Waals surface area contributed by atoms with Gasteiger partial charge in [0.1, 0.15) is 6.34 Å². The topological polar surface area (TPSA) is 53.0 Å². The summed E-state index contributed by atoms with van der Waals surface area (Å²) < 4.78 is 29.1. The normalized spacial score (nSPS) is 12.3. The van der Waals surface area contributed by atoms with Crippen molar-refractivity contribution >= 4 is 45.8 Å². The molecule has 2 aromatic carbocycles. The predicted molar refractivity (Wildman–Crippen MR) is 115 cm³/mol. The zero-order chi connectivity index (χ0) is 20.2. The Kier molecular flexibility index (Phi) is 7.33. The quantitative estimate of drug-likeness (QED) is 0.347. The molecule has 0 bridgehead atoms. The molecular formula is C19H24ClN3O2S2. The van der Waals surface area contributed by atoms with Crippen LogP contribution in [0, 0.1) is 13.8 Å². The van der Waals surface area contributed by atoms with E-state index in [2.05, 4.69) is 4.99 Å². The summed E-state index contributed by atoms with van der Waals surface area (Å²) in [6, 6.07) is 12.1. The van der Waals surface area contributed by atoms with Crippen molar-refractivity contribution < 1.29 is 8.42 Å². The Hall–Kier alpha value is -1.54. The third-order valence-electron chi connectivity index (χ3n) is 3.70. The second-order valence-electron chi connectivity index (χ2n) is 6.47. The van der Waals surface area contributed by atoms with E-state index in [1.54, 1.807) is 48.0 Å². The Bertz CT molecular complexity index is 913. The highest BCUT2D eigenvalue weighted by Gasteiger charge is 2.29. The highest BCUT2D eigenvalue weighted by atomic mass is 35.5. The van der Waals surface area contributed by atoms with Crippen LogP contribution >= 0.6 is 23.7 Å². The van der Waals surface area contributed by atoms with Gasteiger partial charge in [-0.2, -0.15) is 0 Å². The average Bonchev–Trinajstić information content (AvgIpc) is 2.59. The Morgan fingerprint density at radius 3 is 2.30 bits per heavy atom. The maximum Gasteiger partial charge on any atom is 0.253 e. The van der Waals surface area contributed by atoms with Crippen molar-refractivity contribution in [2.75, 3.05) is 7.05 Å². The van der Waals surface area contributed by atoms with Crippen LogP contribution in [0.2, 0.25) is 5.02 Å².